The summed E-state index contributed by atoms with van der Waals surface area (Å²) in [5.41, 5.74) is 1.04. The number of anilines is 1. The highest BCUT2D eigenvalue weighted by Gasteiger charge is 2.27. The van der Waals surface area contributed by atoms with E-state index < -0.39 is 28.4 Å². The Balaban J connectivity index is 1.89. The lowest BCUT2D eigenvalue weighted by molar-refractivity contribution is -0.116. The zero-order valence-electron chi connectivity index (χ0n) is 17.5. The van der Waals surface area contributed by atoms with Crippen LogP contribution >= 0.6 is 27.5 Å². The van der Waals surface area contributed by atoms with Crippen LogP contribution in [0.25, 0.3) is 0 Å². The number of hydrogen-bond acceptors (Lipinski definition) is 5. The van der Waals surface area contributed by atoms with E-state index >= 15 is 0 Å². The first-order valence-corrected chi connectivity index (χ1v) is 12.3. The van der Waals surface area contributed by atoms with Crippen LogP contribution < -0.4 is 5.32 Å². The fraction of sp³-hybridized carbons (Fsp3) is 0.130. The maximum atomic E-state index is 13.4. The second-order valence-corrected chi connectivity index (χ2v) is 10.2. The number of sulfonamides is 1. The Bertz CT molecular complexity index is 1250. The maximum absolute atomic E-state index is 13.4. The van der Waals surface area contributed by atoms with Crippen molar-refractivity contribution in [2.24, 2.45) is 0 Å². The molecule has 0 aliphatic rings. The Morgan fingerprint density at radius 2 is 1.64 bits per heavy atom. The van der Waals surface area contributed by atoms with Gasteiger partial charge >= 0.3 is 5.97 Å². The van der Waals surface area contributed by atoms with Gasteiger partial charge in [0.15, 0.2) is 0 Å². The molecule has 0 unspecified atom stereocenters. The molecule has 0 radical (unpaired) electrons. The number of halogens is 2. The molecule has 0 heterocycles. The highest BCUT2D eigenvalue weighted by Crippen LogP contribution is 2.22. The Morgan fingerprint density at radius 3 is 2.27 bits per heavy atom. The summed E-state index contributed by atoms with van der Waals surface area (Å²) in [6.07, 6.45) is 0. The monoisotopic (exact) mass is 550 g/mol. The molecule has 3 aromatic carbocycles. The third-order valence-electron chi connectivity index (χ3n) is 4.65. The average molecular weight is 552 g/mol. The molecule has 3 rings (SSSR count). The fourth-order valence-corrected chi connectivity index (χ4v) is 4.78. The number of carbonyl (C=O) groups excluding carboxylic acids is 2. The zero-order valence-corrected chi connectivity index (χ0v) is 20.7. The standard InChI is InChI=1S/C23H20BrClN2O5S/c1-32-23(29)20-4-2-3-5-21(20)26-22(28)15-27(14-16-6-10-18(25)11-7-16)33(30,31)19-12-8-17(24)9-13-19/h2-13H,14-15H2,1H3,(H,26,28). The van der Waals surface area contributed by atoms with Crippen molar-refractivity contribution in [3.05, 3.63) is 93.4 Å². The summed E-state index contributed by atoms with van der Waals surface area (Å²) in [5.74, 6) is -1.23. The summed E-state index contributed by atoms with van der Waals surface area (Å²) in [7, 11) is -2.78. The van der Waals surface area contributed by atoms with E-state index in [9.17, 15) is 18.0 Å². The Morgan fingerprint density at radius 1 is 1.00 bits per heavy atom. The van der Waals surface area contributed by atoms with Crippen molar-refractivity contribution in [3.63, 3.8) is 0 Å². The number of nitrogens with zero attached hydrogens (tertiary/aromatic N) is 1. The maximum Gasteiger partial charge on any atom is 0.339 e. The van der Waals surface area contributed by atoms with Gasteiger partial charge in [-0.1, -0.05) is 51.8 Å². The van der Waals surface area contributed by atoms with Crippen LogP contribution in [-0.2, 0) is 26.1 Å². The van der Waals surface area contributed by atoms with Crippen LogP contribution in [0.2, 0.25) is 5.02 Å². The number of para-hydroxylation sites is 1. The van der Waals surface area contributed by atoms with Crippen molar-refractivity contribution in [2.45, 2.75) is 11.4 Å². The van der Waals surface area contributed by atoms with E-state index in [4.69, 9.17) is 16.3 Å². The van der Waals surface area contributed by atoms with Crippen LogP contribution in [0.1, 0.15) is 15.9 Å². The van der Waals surface area contributed by atoms with Crippen LogP contribution in [0, 0.1) is 0 Å². The van der Waals surface area contributed by atoms with Crippen molar-refractivity contribution in [2.75, 3.05) is 19.0 Å². The molecule has 0 saturated carbocycles. The third-order valence-corrected chi connectivity index (χ3v) is 7.24. The molecular weight excluding hydrogens is 532 g/mol. The van der Waals surface area contributed by atoms with Gasteiger partial charge in [-0.05, 0) is 54.1 Å². The number of amides is 1. The van der Waals surface area contributed by atoms with Gasteiger partial charge in [0, 0.05) is 16.0 Å². The molecule has 0 fully saturated rings. The van der Waals surface area contributed by atoms with E-state index in [-0.39, 0.29) is 22.7 Å². The number of esters is 1. The number of nitrogens with one attached hydrogen (secondary N) is 1. The number of carbonyl (C=O) groups is 2. The topological polar surface area (TPSA) is 92.8 Å². The van der Waals surface area contributed by atoms with E-state index in [1.165, 1.54) is 31.4 Å². The molecule has 33 heavy (non-hydrogen) atoms. The van der Waals surface area contributed by atoms with Gasteiger partial charge in [-0.15, -0.1) is 0 Å². The SMILES string of the molecule is COC(=O)c1ccccc1NC(=O)CN(Cc1ccc(Cl)cc1)S(=O)(=O)c1ccc(Br)cc1. The Labute approximate surface area is 205 Å². The lowest BCUT2D eigenvalue weighted by Gasteiger charge is -2.22. The van der Waals surface area contributed by atoms with Crippen LogP contribution in [0.3, 0.4) is 0 Å². The van der Waals surface area contributed by atoms with Gasteiger partial charge in [-0.2, -0.15) is 4.31 Å². The molecule has 0 bridgehead atoms. The molecule has 3 aromatic rings. The minimum absolute atomic E-state index is 0.0439. The van der Waals surface area contributed by atoms with Crippen molar-refractivity contribution < 1.29 is 22.7 Å². The summed E-state index contributed by atoms with van der Waals surface area (Å²) in [5, 5.41) is 3.12. The molecule has 1 N–H and O–H groups in total. The highest BCUT2D eigenvalue weighted by molar-refractivity contribution is 9.10. The van der Waals surface area contributed by atoms with E-state index in [0.717, 1.165) is 8.78 Å². The molecule has 7 nitrogen and oxygen atoms in total. The largest absolute Gasteiger partial charge is 0.465 e. The zero-order chi connectivity index (χ0) is 24.0. The van der Waals surface area contributed by atoms with Crippen LogP contribution in [0.5, 0.6) is 0 Å². The van der Waals surface area contributed by atoms with E-state index in [2.05, 4.69) is 21.2 Å². The number of hydrogen-bond donors (Lipinski definition) is 1. The molecule has 0 aliphatic heterocycles. The molecule has 1 amide bonds. The van der Waals surface area contributed by atoms with E-state index in [0.29, 0.717) is 10.6 Å². The first-order chi connectivity index (χ1) is 15.7. The first kappa shape index (κ1) is 24.9. The van der Waals surface area contributed by atoms with E-state index in [1.54, 1.807) is 48.5 Å². The average Bonchev–Trinajstić information content (AvgIpc) is 2.80. The molecular formula is C23H20BrClN2O5S. The summed E-state index contributed by atoms with van der Waals surface area (Å²) in [6, 6.07) is 19.1. The van der Waals surface area contributed by atoms with Crippen molar-refractivity contribution in [3.8, 4) is 0 Å². The van der Waals surface area contributed by atoms with Gasteiger partial charge in [-0.3, -0.25) is 4.79 Å². The predicted octanol–water partition coefficient (Wildman–Crippen LogP) is 4.72. The molecule has 10 heteroatoms. The molecule has 0 spiro atoms. The quantitative estimate of drug-likeness (QED) is 0.409. The normalized spacial score (nSPS) is 11.3. The van der Waals surface area contributed by atoms with Gasteiger partial charge in [-0.25, -0.2) is 13.2 Å². The van der Waals surface area contributed by atoms with Gasteiger partial charge < -0.3 is 10.1 Å². The first-order valence-electron chi connectivity index (χ1n) is 9.68. The second-order valence-electron chi connectivity index (χ2n) is 6.94. The minimum Gasteiger partial charge on any atom is -0.465 e. The van der Waals surface area contributed by atoms with Gasteiger partial charge in [0.25, 0.3) is 0 Å². The smallest absolute Gasteiger partial charge is 0.339 e. The van der Waals surface area contributed by atoms with Crippen molar-refractivity contribution in [1.29, 1.82) is 0 Å². The van der Waals surface area contributed by atoms with Crippen molar-refractivity contribution >= 4 is 55.1 Å². The Kier molecular flexibility index (Phi) is 8.25. The van der Waals surface area contributed by atoms with Crippen LogP contribution in [0.15, 0.2) is 82.2 Å². The lowest BCUT2D eigenvalue weighted by atomic mass is 10.2. The second kappa shape index (κ2) is 10.9. The summed E-state index contributed by atoms with van der Waals surface area (Å²) in [4.78, 5) is 24.9. The molecule has 0 aromatic heterocycles. The predicted molar refractivity (Wildman–Crippen MR) is 130 cm³/mol. The van der Waals surface area contributed by atoms with Gasteiger partial charge in [0.05, 0.1) is 29.8 Å². The minimum atomic E-state index is -4.02. The van der Waals surface area contributed by atoms with Gasteiger partial charge in [0.2, 0.25) is 15.9 Å². The Hall–Kier alpha value is -2.72. The number of ether oxygens (including phenoxy) is 1. The fourth-order valence-electron chi connectivity index (χ4n) is 3.00. The third kappa shape index (κ3) is 6.42. The number of rotatable bonds is 8. The van der Waals surface area contributed by atoms with Crippen LogP contribution in [0.4, 0.5) is 5.69 Å². The van der Waals surface area contributed by atoms with Crippen molar-refractivity contribution in [1.82, 2.24) is 4.31 Å². The summed E-state index contributed by atoms with van der Waals surface area (Å²) < 4.78 is 33.2. The van der Waals surface area contributed by atoms with Crippen LogP contribution in [-0.4, -0.2) is 38.3 Å². The number of benzene rings is 3. The molecule has 172 valence electrons. The summed E-state index contributed by atoms with van der Waals surface area (Å²) in [6.45, 7) is -0.530. The summed E-state index contributed by atoms with van der Waals surface area (Å²) >= 11 is 9.23. The lowest BCUT2D eigenvalue weighted by Crippen LogP contribution is -2.37. The van der Waals surface area contributed by atoms with Gasteiger partial charge in [0.1, 0.15) is 0 Å². The molecule has 0 saturated heterocycles. The highest BCUT2D eigenvalue weighted by atomic mass is 79.9. The molecule has 0 atom stereocenters. The van der Waals surface area contributed by atoms with E-state index in [1.807, 2.05) is 0 Å². The number of methoxy groups -OCH3 is 1. The molecule has 0 aliphatic carbocycles.